The van der Waals surface area contributed by atoms with Crippen molar-refractivity contribution in [2.45, 2.75) is 76.4 Å². The molecular weight excluding hydrogens is 314 g/mol. The number of aliphatic hydroxyl groups is 2. The van der Waals surface area contributed by atoms with Crippen LogP contribution in [-0.2, 0) is 4.79 Å². The van der Waals surface area contributed by atoms with E-state index in [1.54, 1.807) is 0 Å². The fraction of sp³-hybridized carbons (Fsp3) is 0.762. The van der Waals surface area contributed by atoms with Gasteiger partial charge < -0.3 is 15.9 Å². The van der Waals surface area contributed by atoms with Crippen molar-refractivity contribution in [1.82, 2.24) is 0 Å². The van der Waals surface area contributed by atoms with Crippen LogP contribution in [0.3, 0.4) is 0 Å². The van der Waals surface area contributed by atoms with Crippen LogP contribution in [0.25, 0.3) is 0 Å². The summed E-state index contributed by atoms with van der Waals surface area (Å²) in [5.74, 6) is 1.31. The summed E-state index contributed by atoms with van der Waals surface area (Å²) in [7, 11) is 0. The van der Waals surface area contributed by atoms with Crippen LogP contribution in [0.2, 0.25) is 0 Å². The number of carbonyl (C=O) groups excluding carboxylic acids is 1. The molecule has 0 aromatic carbocycles. The first-order valence-electron chi connectivity index (χ1n) is 10.1. The van der Waals surface area contributed by atoms with Crippen LogP contribution in [0.1, 0.15) is 64.2 Å². The van der Waals surface area contributed by atoms with E-state index in [0.717, 1.165) is 44.9 Å². The Balaban J connectivity index is 1.49. The van der Waals surface area contributed by atoms with Gasteiger partial charge in [-0.05, 0) is 62.7 Å². The summed E-state index contributed by atoms with van der Waals surface area (Å²) >= 11 is 0. The van der Waals surface area contributed by atoms with Crippen molar-refractivity contribution >= 4 is 5.91 Å². The maximum Gasteiger partial charge on any atom is 0.217 e. The van der Waals surface area contributed by atoms with E-state index in [0.29, 0.717) is 24.2 Å². The summed E-state index contributed by atoms with van der Waals surface area (Å²) in [6, 6.07) is 0. The van der Waals surface area contributed by atoms with Crippen molar-refractivity contribution in [2.24, 2.45) is 29.4 Å². The molecule has 3 aliphatic rings. The molecule has 1 amide bonds. The molecule has 0 aromatic rings. The highest BCUT2D eigenvalue weighted by Gasteiger charge is 2.43. The van der Waals surface area contributed by atoms with Gasteiger partial charge in [0, 0.05) is 12.3 Å². The normalized spacial score (nSPS) is 33.8. The van der Waals surface area contributed by atoms with E-state index in [-0.39, 0.29) is 24.0 Å². The van der Waals surface area contributed by atoms with E-state index in [1.165, 1.54) is 18.4 Å². The van der Waals surface area contributed by atoms with Crippen molar-refractivity contribution in [1.29, 1.82) is 0 Å². The molecule has 2 fully saturated rings. The number of carbonyl (C=O) groups is 1. The molecule has 0 aliphatic heterocycles. The number of unbranched alkanes of at least 4 members (excludes halogenated alkanes) is 1. The fourth-order valence-electron chi connectivity index (χ4n) is 5.14. The van der Waals surface area contributed by atoms with E-state index in [9.17, 15) is 15.0 Å². The standard InChI is InChI=1S/C21H33NO3/c22-21(25)8-4-1-5-14-11-16-13-20(24)17(18(16)12-14)9-10-19(23)15-6-2-3-7-15/h9-11,15-20,23-24H,1-8,12-13H2,(H2,22,25)/t16-,17+,18-,19+,20+/m0/s1. The SMILES string of the molecule is NC(=O)CCCCC1=C[C@H]2C[C@@H](O)[C@H](C=C[C@@H](O)C3CCCC3)[C@H]2C1. The summed E-state index contributed by atoms with van der Waals surface area (Å²) in [6.07, 6.45) is 15.8. The molecule has 0 heterocycles. The first-order chi connectivity index (χ1) is 12.0. The van der Waals surface area contributed by atoms with Crippen molar-refractivity contribution in [3.8, 4) is 0 Å². The zero-order chi connectivity index (χ0) is 17.8. The predicted octanol–water partition coefficient (Wildman–Crippen LogP) is 3.08. The molecule has 3 aliphatic carbocycles. The monoisotopic (exact) mass is 347 g/mol. The highest BCUT2D eigenvalue weighted by molar-refractivity contribution is 5.73. The second-order valence-corrected chi connectivity index (χ2v) is 8.33. The smallest absolute Gasteiger partial charge is 0.217 e. The minimum absolute atomic E-state index is 0.167. The zero-order valence-corrected chi connectivity index (χ0v) is 15.1. The van der Waals surface area contributed by atoms with Crippen LogP contribution in [-0.4, -0.2) is 28.3 Å². The van der Waals surface area contributed by atoms with Gasteiger partial charge in [-0.3, -0.25) is 4.79 Å². The van der Waals surface area contributed by atoms with E-state index in [2.05, 4.69) is 12.2 Å². The second-order valence-electron chi connectivity index (χ2n) is 8.33. The quantitative estimate of drug-likeness (QED) is 0.466. The lowest BCUT2D eigenvalue weighted by atomic mass is 9.88. The first kappa shape index (κ1) is 18.7. The Morgan fingerprint density at radius 3 is 2.80 bits per heavy atom. The van der Waals surface area contributed by atoms with Gasteiger partial charge in [0.1, 0.15) is 0 Å². The van der Waals surface area contributed by atoms with Crippen LogP contribution in [0.15, 0.2) is 23.8 Å². The van der Waals surface area contributed by atoms with Gasteiger partial charge in [-0.2, -0.15) is 0 Å². The summed E-state index contributed by atoms with van der Waals surface area (Å²) in [4.78, 5) is 10.8. The van der Waals surface area contributed by atoms with Crippen LogP contribution in [0.5, 0.6) is 0 Å². The van der Waals surface area contributed by atoms with Gasteiger partial charge in [0.05, 0.1) is 12.2 Å². The molecule has 0 radical (unpaired) electrons. The van der Waals surface area contributed by atoms with Gasteiger partial charge in [0.15, 0.2) is 0 Å². The largest absolute Gasteiger partial charge is 0.392 e. The maximum absolute atomic E-state index is 10.8. The van der Waals surface area contributed by atoms with Gasteiger partial charge in [-0.25, -0.2) is 0 Å². The molecule has 25 heavy (non-hydrogen) atoms. The Bertz CT molecular complexity index is 521. The van der Waals surface area contributed by atoms with Gasteiger partial charge in [0.2, 0.25) is 5.91 Å². The zero-order valence-electron chi connectivity index (χ0n) is 15.1. The molecular formula is C21H33NO3. The minimum Gasteiger partial charge on any atom is -0.392 e. The number of rotatable bonds is 8. The first-order valence-corrected chi connectivity index (χ1v) is 10.1. The van der Waals surface area contributed by atoms with Crippen LogP contribution in [0, 0.1) is 23.7 Å². The van der Waals surface area contributed by atoms with Gasteiger partial charge in [0.25, 0.3) is 0 Å². The van der Waals surface area contributed by atoms with E-state index >= 15 is 0 Å². The molecule has 3 rings (SSSR count). The average Bonchev–Trinajstić information content (AvgIpc) is 3.26. The van der Waals surface area contributed by atoms with E-state index in [1.807, 2.05) is 6.08 Å². The number of amides is 1. The summed E-state index contributed by atoms with van der Waals surface area (Å²) in [6.45, 7) is 0. The topological polar surface area (TPSA) is 83.6 Å². The Labute approximate surface area is 151 Å². The number of fused-ring (bicyclic) bond motifs is 1. The van der Waals surface area contributed by atoms with Crippen LogP contribution in [0.4, 0.5) is 0 Å². The summed E-state index contributed by atoms with van der Waals surface area (Å²) in [5, 5.41) is 20.8. The van der Waals surface area contributed by atoms with Crippen molar-refractivity contribution in [3.63, 3.8) is 0 Å². The van der Waals surface area contributed by atoms with Gasteiger partial charge in [-0.15, -0.1) is 0 Å². The van der Waals surface area contributed by atoms with Crippen LogP contribution < -0.4 is 5.73 Å². The lowest BCUT2D eigenvalue weighted by Crippen LogP contribution is -2.19. The van der Waals surface area contributed by atoms with E-state index in [4.69, 9.17) is 5.73 Å². The highest BCUT2D eigenvalue weighted by atomic mass is 16.3. The molecule has 0 unspecified atom stereocenters. The molecule has 0 spiro atoms. The van der Waals surface area contributed by atoms with E-state index < -0.39 is 0 Å². The average molecular weight is 347 g/mol. The second kappa shape index (κ2) is 8.50. The molecule has 140 valence electrons. The Kier molecular flexibility index (Phi) is 6.34. The maximum atomic E-state index is 10.8. The molecule has 0 saturated heterocycles. The molecule has 0 bridgehead atoms. The fourth-order valence-corrected chi connectivity index (χ4v) is 5.14. The number of allylic oxidation sites excluding steroid dienone is 2. The minimum atomic E-state index is -0.351. The Morgan fingerprint density at radius 2 is 2.08 bits per heavy atom. The number of hydrogen-bond donors (Lipinski definition) is 3. The number of hydrogen-bond acceptors (Lipinski definition) is 3. The molecule has 4 N–H and O–H groups in total. The lowest BCUT2D eigenvalue weighted by Gasteiger charge is -2.20. The third kappa shape index (κ3) is 4.73. The molecule has 4 heteroatoms. The Morgan fingerprint density at radius 1 is 1.32 bits per heavy atom. The molecule has 4 nitrogen and oxygen atoms in total. The molecule has 2 saturated carbocycles. The van der Waals surface area contributed by atoms with Gasteiger partial charge >= 0.3 is 0 Å². The molecule has 5 atom stereocenters. The number of nitrogens with two attached hydrogens (primary N) is 1. The number of primary amides is 1. The third-order valence-corrected chi connectivity index (χ3v) is 6.53. The molecule has 0 aromatic heterocycles. The predicted molar refractivity (Wildman–Crippen MR) is 98.6 cm³/mol. The van der Waals surface area contributed by atoms with Crippen LogP contribution >= 0.6 is 0 Å². The summed E-state index contributed by atoms with van der Waals surface area (Å²) in [5.41, 5.74) is 6.66. The van der Waals surface area contributed by atoms with Crippen molar-refractivity contribution < 1.29 is 15.0 Å². The van der Waals surface area contributed by atoms with Crippen molar-refractivity contribution in [3.05, 3.63) is 23.8 Å². The highest BCUT2D eigenvalue weighted by Crippen LogP contribution is 2.48. The Hall–Kier alpha value is -1.13. The summed E-state index contributed by atoms with van der Waals surface area (Å²) < 4.78 is 0. The number of aliphatic hydroxyl groups excluding tert-OH is 2. The third-order valence-electron chi connectivity index (χ3n) is 6.53. The van der Waals surface area contributed by atoms with Gasteiger partial charge in [-0.1, -0.05) is 36.6 Å². The lowest BCUT2D eigenvalue weighted by molar-refractivity contribution is -0.118. The van der Waals surface area contributed by atoms with Crippen molar-refractivity contribution in [2.75, 3.05) is 0 Å².